The van der Waals surface area contributed by atoms with Crippen molar-refractivity contribution < 1.29 is 14.3 Å². The summed E-state index contributed by atoms with van der Waals surface area (Å²) in [7, 11) is 2.89. The summed E-state index contributed by atoms with van der Waals surface area (Å²) in [6, 6.07) is 5.41. The van der Waals surface area contributed by atoms with Crippen molar-refractivity contribution in [2.75, 3.05) is 14.2 Å². The highest BCUT2D eigenvalue weighted by Crippen LogP contribution is 2.26. The predicted octanol–water partition coefficient (Wildman–Crippen LogP) is 2.25. The molecule has 0 N–H and O–H groups in total. The van der Waals surface area contributed by atoms with Crippen molar-refractivity contribution in [1.82, 2.24) is 9.97 Å². The quantitative estimate of drug-likeness (QED) is 0.790. The first-order valence-corrected chi connectivity index (χ1v) is 5.71. The van der Waals surface area contributed by atoms with Crippen LogP contribution in [0.15, 0.2) is 30.6 Å². The number of pyridine rings is 2. The molecule has 2 aromatic rings. The van der Waals surface area contributed by atoms with Crippen LogP contribution in [0.3, 0.4) is 0 Å². The van der Waals surface area contributed by atoms with Crippen LogP contribution in [0, 0.1) is 6.92 Å². The van der Waals surface area contributed by atoms with Crippen molar-refractivity contribution in [3.05, 3.63) is 41.9 Å². The normalized spacial score (nSPS) is 10.1. The third-order valence-corrected chi connectivity index (χ3v) is 2.70. The second kappa shape index (κ2) is 5.48. The van der Waals surface area contributed by atoms with Crippen LogP contribution in [0.4, 0.5) is 0 Å². The molecule has 0 fully saturated rings. The first-order valence-electron chi connectivity index (χ1n) is 5.71. The molecule has 0 aliphatic heterocycles. The van der Waals surface area contributed by atoms with Gasteiger partial charge in [-0.05, 0) is 30.2 Å². The van der Waals surface area contributed by atoms with E-state index in [9.17, 15) is 4.79 Å². The minimum Gasteiger partial charge on any atom is -0.481 e. The van der Waals surface area contributed by atoms with Gasteiger partial charge in [-0.15, -0.1) is 0 Å². The first-order chi connectivity index (χ1) is 9.15. The van der Waals surface area contributed by atoms with Crippen LogP contribution in [0.25, 0.3) is 11.1 Å². The van der Waals surface area contributed by atoms with Crippen LogP contribution in [0.1, 0.15) is 16.1 Å². The molecule has 0 spiro atoms. The minimum absolute atomic E-state index is 0.418. The molecule has 2 aromatic heterocycles. The maximum absolute atomic E-state index is 11.8. The van der Waals surface area contributed by atoms with Gasteiger partial charge in [-0.1, -0.05) is 0 Å². The molecule has 0 bridgehead atoms. The Bertz CT molecular complexity index is 611. The zero-order valence-electron chi connectivity index (χ0n) is 11.0. The summed E-state index contributed by atoms with van der Waals surface area (Å²) in [4.78, 5) is 19.9. The Morgan fingerprint density at radius 3 is 2.68 bits per heavy atom. The fraction of sp³-hybridized carbons (Fsp3) is 0.214. The molecule has 19 heavy (non-hydrogen) atoms. The minimum atomic E-state index is -0.418. The molecule has 98 valence electrons. The fourth-order valence-electron chi connectivity index (χ4n) is 1.76. The van der Waals surface area contributed by atoms with Crippen LogP contribution in [-0.2, 0) is 4.74 Å². The van der Waals surface area contributed by atoms with Gasteiger partial charge in [0.15, 0.2) is 0 Å². The number of aromatic nitrogens is 2. The lowest BCUT2D eigenvalue weighted by molar-refractivity contribution is 0.0601. The molecule has 0 saturated heterocycles. The number of hydrogen-bond donors (Lipinski definition) is 0. The Balaban J connectivity index is 2.59. The monoisotopic (exact) mass is 258 g/mol. The van der Waals surface area contributed by atoms with Crippen molar-refractivity contribution >= 4 is 5.97 Å². The Labute approximate surface area is 111 Å². The highest BCUT2D eigenvalue weighted by Gasteiger charge is 2.14. The number of hydrogen-bond acceptors (Lipinski definition) is 5. The first kappa shape index (κ1) is 13.0. The molecular weight excluding hydrogens is 244 g/mol. The third kappa shape index (κ3) is 2.70. The van der Waals surface area contributed by atoms with Gasteiger partial charge in [0.1, 0.15) is 0 Å². The number of methoxy groups -OCH3 is 2. The lowest BCUT2D eigenvalue weighted by Crippen LogP contribution is -2.05. The van der Waals surface area contributed by atoms with Crippen LogP contribution >= 0.6 is 0 Å². The standard InChI is InChI=1S/C14H14N2O3/c1-9-6-11(12(8-16-9)14(17)19-3)10-4-5-15-13(7-10)18-2/h4-8H,1-3H3. The summed E-state index contributed by atoms with van der Waals surface area (Å²) in [5, 5.41) is 0. The van der Waals surface area contributed by atoms with Crippen LogP contribution in [-0.4, -0.2) is 30.2 Å². The average molecular weight is 258 g/mol. The largest absolute Gasteiger partial charge is 0.481 e. The van der Waals surface area contributed by atoms with Gasteiger partial charge < -0.3 is 9.47 Å². The smallest absolute Gasteiger partial charge is 0.340 e. The van der Waals surface area contributed by atoms with Crippen molar-refractivity contribution in [1.29, 1.82) is 0 Å². The van der Waals surface area contributed by atoms with Gasteiger partial charge >= 0.3 is 5.97 Å². The second-order valence-electron chi connectivity index (χ2n) is 3.95. The van der Waals surface area contributed by atoms with Gasteiger partial charge in [0, 0.05) is 24.2 Å². The summed E-state index contributed by atoms with van der Waals surface area (Å²) in [5.41, 5.74) is 2.82. The highest BCUT2D eigenvalue weighted by atomic mass is 16.5. The van der Waals surface area contributed by atoms with Gasteiger partial charge in [0.25, 0.3) is 0 Å². The Morgan fingerprint density at radius 2 is 2.00 bits per heavy atom. The van der Waals surface area contributed by atoms with Gasteiger partial charge in [0.2, 0.25) is 5.88 Å². The molecule has 0 radical (unpaired) electrons. The molecule has 0 atom stereocenters. The highest BCUT2D eigenvalue weighted by molar-refractivity contribution is 5.97. The number of carbonyl (C=O) groups is 1. The molecule has 2 rings (SSSR count). The maximum atomic E-state index is 11.8. The molecule has 0 aliphatic rings. The van der Waals surface area contributed by atoms with Gasteiger partial charge in [-0.3, -0.25) is 4.98 Å². The predicted molar refractivity (Wildman–Crippen MR) is 70.1 cm³/mol. The number of ether oxygens (including phenoxy) is 2. The van der Waals surface area contributed by atoms with Crippen molar-refractivity contribution in [2.45, 2.75) is 6.92 Å². The number of carbonyl (C=O) groups excluding carboxylic acids is 1. The summed E-state index contributed by atoms with van der Waals surface area (Å²) >= 11 is 0. The Kier molecular flexibility index (Phi) is 3.75. The third-order valence-electron chi connectivity index (χ3n) is 2.70. The van der Waals surface area contributed by atoms with E-state index in [0.717, 1.165) is 16.8 Å². The number of nitrogens with zero attached hydrogens (tertiary/aromatic N) is 2. The van der Waals surface area contributed by atoms with Crippen LogP contribution in [0.5, 0.6) is 5.88 Å². The van der Waals surface area contributed by atoms with E-state index >= 15 is 0 Å². The Morgan fingerprint density at radius 1 is 1.21 bits per heavy atom. The number of rotatable bonds is 3. The van der Waals surface area contributed by atoms with Gasteiger partial charge in [-0.25, -0.2) is 9.78 Å². The van der Waals surface area contributed by atoms with Crippen molar-refractivity contribution in [2.24, 2.45) is 0 Å². The van der Waals surface area contributed by atoms with E-state index in [0.29, 0.717) is 11.4 Å². The van der Waals surface area contributed by atoms with E-state index in [1.807, 2.05) is 19.1 Å². The molecule has 0 saturated carbocycles. The van der Waals surface area contributed by atoms with Crippen molar-refractivity contribution in [3.8, 4) is 17.0 Å². The average Bonchev–Trinajstić information content (AvgIpc) is 2.46. The van der Waals surface area contributed by atoms with Crippen LogP contribution < -0.4 is 4.74 Å². The zero-order valence-corrected chi connectivity index (χ0v) is 11.0. The summed E-state index contributed by atoms with van der Waals surface area (Å²) in [6.07, 6.45) is 3.15. The van der Waals surface area contributed by atoms with Gasteiger partial charge in [-0.2, -0.15) is 0 Å². The number of esters is 1. The Hall–Kier alpha value is -2.43. The molecule has 0 aliphatic carbocycles. The van der Waals surface area contributed by atoms with E-state index < -0.39 is 5.97 Å². The lowest BCUT2D eigenvalue weighted by Gasteiger charge is -2.09. The lowest BCUT2D eigenvalue weighted by atomic mass is 10.0. The zero-order chi connectivity index (χ0) is 13.8. The van der Waals surface area contributed by atoms with Gasteiger partial charge in [0.05, 0.1) is 19.8 Å². The summed E-state index contributed by atoms with van der Waals surface area (Å²) < 4.78 is 9.86. The molecule has 0 unspecified atom stereocenters. The summed E-state index contributed by atoms with van der Waals surface area (Å²) in [5.74, 6) is 0.0704. The summed E-state index contributed by atoms with van der Waals surface area (Å²) in [6.45, 7) is 1.86. The second-order valence-corrected chi connectivity index (χ2v) is 3.95. The number of aryl methyl sites for hydroxylation is 1. The molecule has 0 aromatic carbocycles. The van der Waals surface area contributed by atoms with E-state index in [-0.39, 0.29) is 0 Å². The van der Waals surface area contributed by atoms with E-state index in [1.54, 1.807) is 19.4 Å². The van der Waals surface area contributed by atoms with E-state index in [4.69, 9.17) is 9.47 Å². The SMILES string of the molecule is COC(=O)c1cnc(C)cc1-c1ccnc(OC)c1. The van der Waals surface area contributed by atoms with E-state index in [2.05, 4.69) is 9.97 Å². The fourth-order valence-corrected chi connectivity index (χ4v) is 1.76. The molecule has 2 heterocycles. The molecule has 5 nitrogen and oxygen atoms in total. The topological polar surface area (TPSA) is 61.3 Å². The molecule has 5 heteroatoms. The van der Waals surface area contributed by atoms with Crippen LogP contribution in [0.2, 0.25) is 0 Å². The maximum Gasteiger partial charge on any atom is 0.340 e. The van der Waals surface area contributed by atoms with E-state index in [1.165, 1.54) is 13.3 Å². The molecular formula is C14H14N2O3. The van der Waals surface area contributed by atoms with Crippen molar-refractivity contribution in [3.63, 3.8) is 0 Å². The molecule has 0 amide bonds.